The van der Waals surface area contributed by atoms with Gasteiger partial charge in [0.15, 0.2) is 0 Å². The van der Waals surface area contributed by atoms with Gasteiger partial charge in [-0.1, -0.05) is 39.5 Å². The van der Waals surface area contributed by atoms with Crippen molar-refractivity contribution in [3.05, 3.63) is 0 Å². The van der Waals surface area contributed by atoms with Crippen LogP contribution in [0.5, 0.6) is 0 Å². The first-order valence-electron chi connectivity index (χ1n) is 6.06. The van der Waals surface area contributed by atoms with E-state index in [-0.39, 0.29) is 0 Å². The molecule has 0 aromatic carbocycles. The van der Waals surface area contributed by atoms with Gasteiger partial charge in [-0.05, 0) is 18.4 Å². The average Bonchev–Trinajstić information content (AvgIpc) is 2.08. The van der Waals surface area contributed by atoms with E-state index >= 15 is 0 Å². The van der Waals surface area contributed by atoms with Crippen molar-refractivity contribution in [2.24, 2.45) is 11.8 Å². The summed E-state index contributed by atoms with van der Waals surface area (Å²) in [4.78, 5) is 0. The van der Waals surface area contributed by atoms with Crippen LogP contribution in [0.15, 0.2) is 0 Å². The van der Waals surface area contributed by atoms with Crippen LogP contribution >= 0.6 is 0 Å². The molecular formula is C12H29NOSi. The zero-order valence-corrected chi connectivity index (χ0v) is 12.4. The fraction of sp³-hybridized carbons (Fsp3) is 1.00. The molecule has 0 aliphatic rings. The summed E-state index contributed by atoms with van der Waals surface area (Å²) in [7, 11) is 0.831. The molecule has 0 heterocycles. The van der Waals surface area contributed by atoms with Gasteiger partial charge in [-0.25, -0.2) is 0 Å². The minimum absolute atomic E-state index is 0.784. The van der Waals surface area contributed by atoms with E-state index in [4.69, 9.17) is 4.74 Å². The summed E-state index contributed by atoms with van der Waals surface area (Å²) in [6, 6.07) is 1.42. The van der Waals surface area contributed by atoms with Crippen molar-refractivity contribution >= 4 is 8.07 Å². The van der Waals surface area contributed by atoms with Crippen molar-refractivity contribution < 1.29 is 4.74 Å². The highest BCUT2D eigenvalue weighted by Crippen LogP contribution is 2.22. The highest BCUT2D eigenvalue weighted by atomic mass is 28.3. The molecule has 0 aromatic heterocycles. The monoisotopic (exact) mass is 231 g/mol. The zero-order chi connectivity index (χ0) is 11.9. The summed E-state index contributed by atoms with van der Waals surface area (Å²) in [5.41, 5.74) is 0. The standard InChI is InChI=1S/C12H29NOSi/c1-11(2)12(10-15(4,5)6)9-13-7-8-14-3/h11-13H,7-10H2,1-6H3. The summed E-state index contributed by atoms with van der Waals surface area (Å²) >= 11 is 0. The molecule has 3 heteroatoms. The molecule has 2 nitrogen and oxygen atoms in total. The summed E-state index contributed by atoms with van der Waals surface area (Å²) < 4.78 is 5.03. The van der Waals surface area contributed by atoms with Crippen LogP contribution in [0.3, 0.4) is 0 Å². The van der Waals surface area contributed by atoms with Gasteiger partial charge in [0.25, 0.3) is 0 Å². The zero-order valence-electron chi connectivity index (χ0n) is 11.4. The summed E-state index contributed by atoms with van der Waals surface area (Å²) in [6.07, 6.45) is 0. The molecule has 0 saturated heterocycles. The maximum absolute atomic E-state index is 5.03. The van der Waals surface area contributed by atoms with Crippen LogP contribution in [-0.4, -0.2) is 34.9 Å². The van der Waals surface area contributed by atoms with Gasteiger partial charge in [0.05, 0.1) is 6.61 Å². The number of ether oxygens (including phenoxy) is 1. The second kappa shape index (κ2) is 7.42. The Morgan fingerprint density at radius 3 is 2.20 bits per heavy atom. The van der Waals surface area contributed by atoms with E-state index < -0.39 is 8.07 Å². The number of nitrogens with one attached hydrogen (secondary N) is 1. The fourth-order valence-electron chi connectivity index (χ4n) is 1.79. The first-order valence-corrected chi connectivity index (χ1v) is 9.77. The SMILES string of the molecule is COCCNCC(C[Si](C)(C)C)C(C)C. The predicted octanol–water partition coefficient (Wildman–Crippen LogP) is 2.83. The lowest BCUT2D eigenvalue weighted by Gasteiger charge is -2.27. The third-order valence-corrected chi connectivity index (χ3v) is 4.46. The van der Waals surface area contributed by atoms with Crippen molar-refractivity contribution in [1.29, 1.82) is 0 Å². The molecule has 0 radical (unpaired) electrons. The summed E-state index contributed by atoms with van der Waals surface area (Å²) in [5.74, 6) is 1.61. The van der Waals surface area contributed by atoms with E-state index in [0.717, 1.165) is 31.5 Å². The van der Waals surface area contributed by atoms with Crippen molar-refractivity contribution in [2.75, 3.05) is 26.8 Å². The van der Waals surface area contributed by atoms with Crippen molar-refractivity contribution in [1.82, 2.24) is 5.32 Å². The molecule has 0 spiro atoms. The highest BCUT2D eigenvalue weighted by Gasteiger charge is 2.22. The first kappa shape index (κ1) is 15.1. The number of rotatable bonds is 8. The molecule has 0 bridgehead atoms. The maximum atomic E-state index is 5.03. The van der Waals surface area contributed by atoms with Crippen LogP contribution in [0.25, 0.3) is 0 Å². The molecule has 1 unspecified atom stereocenters. The van der Waals surface area contributed by atoms with Gasteiger partial charge in [0, 0.05) is 21.7 Å². The number of hydrogen-bond donors (Lipinski definition) is 1. The lowest BCUT2D eigenvalue weighted by atomic mass is 9.98. The minimum Gasteiger partial charge on any atom is -0.383 e. The van der Waals surface area contributed by atoms with E-state index in [2.05, 4.69) is 38.8 Å². The molecular weight excluding hydrogens is 202 g/mol. The quantitative estimate of drug-likeness (QED) is 0.512. The molecule has 15 heavy (non-hydrogen) atoms. The summed E-state index contributed by atoms with van der Waals surface area (Å²) in [6.45, 7) is 15.0. The molecule has 0 aromatic rings. The Hall–Kier alpha value is 0.137. The van der Waals surface area contributed by atoms with Gasteiger partial charge in [-0.3, -0.25) is 0 Å². The molecule has 0 saturated carbocycles. The Kier molecular flexibility index (Phi) is 7.48. The minimum atomic E-state index is -0.923. The van der Waals surface area contributed by atoms with Gasteiger partial charge in [0.2, 0.25) is 0 Å². The Labute approximate surface area is 96.8 Å². The van der Waals surface area contributed by atoms with Gasteiger partial charge < -0.3 is 10.1 Å². The van der Waals surface area contributed by atoms with Crippen LogP contribution in [0.2, 0.25) is 25.7 Å². The van der Waals surface area contributed by atoms with E-state index in [9.17, 15) is 0 Å². The molecule has 0 aliphatic carbocycles. The number of methoxy groups -OCH3 is 1. The van der Waals surface area contributed by atoms with Gasteiger partial charge in [0.1, 0.15) is 0 Å². The van der Waals surface area contributed by atoms with E-state index in [0.29, 0.717) is 0 Å². The topological polar surface area (TPSA) is 21.3 Å². The first-order chi connectivity index (χ1) is 6.87. The second-order valence-corrected chi connectivity index (χ2v) is 11.5. The Bertz CT molecular complexity index is 154. The maximum Gasteiger partial charge on any atom is 0.0587 e. The molecule has 1 N–H and O–H groups in total. The van der Waals surface area contributed by atoms with Crippen molar-refractivity contribution in [3.63, 3.8) is 0 Å². The van der Waals surface area contributed by atoms with E-state index in [1.54, 1.807) is 7.11 Å². The predicted molar refractivity (Wildman–Crippen MR) is 71.2 cm³/mol. The third kappa shape index (κ3) is 9.09. The fourth-order valence-corrected chi connectivity index (χ4v) is 3.98. The lowest BCUT2D eigenvalue weighted by molar-refractivity contribution is 0.196. The van der Waals surface area contributed by atoms with Crippen LogP contribution in [0, 0.1) is 11.8 Å². The number of hydrogen-bond acceptors (Lipinski definition) is 2. The highest BCUT2D eigenvalue weighted by molar-refractivity contribution is 6.76. The Morgan fingerprint density at radius 1 is 1.20 bits per heavy atom. The van der Waals surface area contributed by atoms with Crippen LogP contribution in [-0.2, 0) is 4.74 Å². The molecule has 0 rings (SSSR count). The third-order valence-electron chi connectivity index (χ3n) is 2.71. The van der Waals surface area contributed by atoms with Crippen LogP contribution in [0.4, 0.5) is 0 Å². The molecule has 0 fully saturated rings. The van der Waals surface area contributed by atoms with Crippen molar-refractivity contribution in [2.45, 2.75) is 39.5 Å². The molecule has 0 amide bonds. The Morgan fingerprint density at radius 2 is 1.80 bits per heavy atom. The van der Waals surface area contributed by atoms with Crippen LogP contribution in [0.1, 0.15) is 13.8 Å². The summed E-state index contributed by atoms with van der Waals surface area (Å²) in [5, 5.41) is 3.49. The van der Waals surface area contributed by atoms with Crippen molar-refractivity contribution in [3.8, 4) is 0 Å². The molecule has 0 aliphatic heterocycles. The normalized spacial score (nSPS) is 14.6. The largest absolute Gasteiger partial charge is 0.383 e. The molecule has 92 valence electrons. The Balaban J connectivity index is 3.84. The van der Waals surface area contributed by atoms with E-state index in [1.807, 2.05) is 0 Å². The van der Waals surface area contributed by atoms with E-state index in [1.165, 1.54) is 6.04 Å². The molecule has 1 atom stereocenters. The van der Waals surface area contributed by atoms with Gasteiger partial charge in [-0.15, -0.1) is 0 Å². The van der Waals surface area contributed by atoms with Crippen LogP contribution < -0.4 is 5.32 Å². The van der Waals surface area contributed by atoms with Gasteiger partial charge >= 0.3 is 0 Å². The van der Waals surface area contributed by atoms with Gasteiger partial charge in [-0.2, -0.15) is 0 Å². The smallest absolute Gasteiger partial charge is 0.0587 e. The second-order valence-electron chi connectivity index (χ2n) is 5.97. The average molecular weight is 231 g/mol. The lowest BCUT2D eigenvalue weighted by Crippen LogP contribution is -2.34.